The van der Waals surface area contributed by atoms with Crippen LogP contribution in [0.25, 0.3) is 11.1 Å². The summed E-state index contributed by atoms with van der Waals surface area (Å²) in [7, 11) is 2.18. The van der Waals surface area contributed by atoms with Gasteiger partial charge in [0.2, 0.25) is 0 Å². The molecule has 34 heavy (non-hydrogen) atoms. The van der Waals surface area contributed by atoms with Gasteiger partial charge in [-0.05, 0) is 91.4 Å². The number of hydrogen-bond donors (Lipinski definition) is 1. The Morgan fingerprint density at radius 1 is 0.941 bits per heavy atom. The molecule has 1 fully saturated rings. The summed E-state index contributed by atoms with van der Waals surface area (Å²) < 4.78 is 7.19. The molecule has 0 amide bonds. The van der Waals surface area contributed by atoms with Crippen molar-refractivity contribution in [2.24, 2.45) is 0 Å². The number of allylic oxidation sites excluding steroid dienone is 1. The van der Waals surface area contributed by atoms with Crippen LogP contribution in [0.5, 0.6) is 5.75 Å². The van der Waals surface area contributed by atoms with Gasteiger partial charge in [0.1, 0.15) is 12.4 Å². The van der Waals surface area contributed by atoms with Crippen LogP contribution < -0.4 is 4.74 Å². The van der Waals surface area contributed by atoms with Gasteiger partial charge in [0.25, 0.3) is 0 Å². The highest BCUT2D eigenvalue weighted by Gasteiger charge is 2.21. The minimum Gasteiger partial charge on any atom is -0.492 e. The van der Waals surface area contributed by atoms with Gasteiger partial charge in [0, 0.05) is 17.1 Å². The third kappa shape index (κ3) is 6.73. The third-order valence-electron chi connectivity index (χ3n) is 6.40. The fraction of sp³-hybridized carbons (Fsp3) is 0.310. The van der Waals surface area contributed by atoms with Crippen molar-refractivity contribution in [2.75, 3.05) is 26.8 Å². The highest BCUT2D eigenvalue weighted by Crippen LogP contribution is 2.36. The van der Waals surface area contributed by atoms with E-state index in [-0.39, 0.29) is 19.0 Å². The van der Waals surface area contributed by atoms with Crippen molar-refractivity contribution in [1.29, 1.82) is 0 Å². The second kappa shape index (κ2) is 13.1. The Morgan fingerprint density at radius 2 is 1.59 bits per heavy atom. The summed E-state index contributed by atoms with van der Waals surface area (Å²) in [5.74, 6) is 0.908. The first-order chi connectivity index (χ1) is 16.2. The minimum absolute atomic E-state index is 0. The third-order valence-corrected chi connectivity index (χ3v) is 6.93. The van der Waals surface area contributed by atoms with Crippen LogP contribution in [-0.2, 0) is 0 Å². The molecule has 1 heterocycles. The average molecular weight is 543 g/mol. The Bertz CT molecular complexity index is 1050. The molecule has 1 atom stereocenters. The molecule has 0 unspecified atom stereocenters. The van der Waals surface area contributed by atoms with Gasteiger partial charge in [-0.1, -0.05) is 70.5 Å². The maximum atomic E-state index is 9.58. The van der Waals surface area contributed by atoms with Crippen LogP contribution in [0.15, 0.2) is 83.3 Å². The van der Waals surface area contributed by atoms with Crippen molar-refractivity contribution >= 4 is 39.5 Å². The smallest absolute Gasteiger partial charge is 0.119 e. The first kappa shape index (κ1) is 26.5. The fourth-order valence-corrected chi connectivity index (χ4v) is 4.80. The molecule has 0 spiro atoms. The quantitative estimate of drug-likeness (QED) is 0.293. The lowest BCUT2D eigenvalue weighted by Crippen LogP contribution is -2.30. The molecular formula is C29H33BrClNO2. The second-order valence-corrected chi connectivity index (χ2v) is 9.58. The summed E-state index contributed by atoms with van der Waals surface area (Å²) in [5, 5.41) is 9.58. The van der Waals surface area contributed by atoms with Crippen LogP contribution in [0.2, 0.25) is 0 Å². The Kier molecular flexibility index (Phi) is 10.2. The standard InChI is InChI=1S/C29H32BrNO2.ClH/c1-31-19-5-9-26(31)21-33-27-17-13-24(14-18-27)29(23-11-15-25(30)16-12-23)28(10-6-20-32)22-7-3-2-4-8-22;/h2-4,7-8,11-18,26,32H,5-6,9-10,19-21H2,1H3;1H/b29-28-;/t26-;/m0./s1. The Hall–Kier alpha value is -2.11. The summed E-state index contributed by atoms with van der Waals surface area (Å²) in [6.45, 7) is 2.06. The predicted octanol–water partition coefficient (Wildman–Crippen LogP) is 7.08. The van der Waals surface area contributed by atoms with Crippen molar-refractivity contribution < 1.29 is 9.84 Å². The van der Waals surface area contributed by atoms with E-state index in [1.54, 1.807) is 0 Å². The molecule has 3 aromatic rings. The topological polar surface area (TPSA) is 32.7 Å². The molecule has 0 bridgehead atoms. The maximum Gasteiger partial charge on any atom is 0.119 e. The number of halogens is 2. The summed E-state index contributed by atoms with van der Waals surface area (Å²) in [5.41, 5.74) is 5.95. The van der Waals surface area contributed by atoms with Gasteiger partial charge < -0.3 is 14.7 Å². The van der Waals surface area contributed by atoms with E-state index in [4.69, 9.17) is 4.74 Å². The van der Waals surface area contributed by atoms with E-state index in [1.165, 1.54) is 29.6 Å². The van der Waals surface area contributed by atoms with Gasteiger partial charge in [0.05, 0.1) is 0 Å². The molecule has 1 N–H and O–H groups in total. The first-order valence-electron chi connectivity index (χ1n) is 11.7. The van der Waals surface area contributed by atoms with Crippen molar-refractivity contribution in [1.82, 2.24) is 4.90 Å². The normalized spacial score (nSPS) is 16.6. The zero-order chi connectivity index (χ0) is 23.0. The maximum absolute atomic E-state index is 9.58. The number of aliphatic hydroxyl groups is 1. The van der Waals surface area contributed by atoms with Gasteiger partial charge in [-0.2, -0.15) is 0 Å². The van der Waals surface area contributed by atoms with Crippen molar-refractivity contribution in [3.05, 3.63) is 100 Å². The molecule has 4 rings (SSSR count). The molecule has 0 aromatic heterocycles. The Balaban J connectivity index is 0.00000324. The summed E-state index contributed by atoms with van der Waals surface area (Å²) in [6.07, 6.45) is 3.98. The Morgan fingerprint density at radius 3 is 2.18 bits per heavy atom. The number of hydrogen-bond acceptors (Lipinski definition) is 3. The largest absolute Gasteiger partial charge is 0.492 e. The number of benzene rings is 3. The summed E-state index contributed by atoms with van der Waals surface area (Å²) in [4.78, 5) is 2.38. The van der Waals surface area contributed by atoms with Crippen LogP contribution in [0.3, 0.4) is 0 Å². The van der Waals surface area contributed by atoms with Gasteiger partial charge >= 0.3 is 0 Å². The SMILES string of the molecule is CN1CCC[C@H]1COc1ccc(/C(=C(/CCCO)c2ccccc2)c2ccc(Br)cc2)cc1.Cl. The van der Waals surface area contributed by atoms with E-state index >= 15 is 0 Å². The van der Waals surface area contributed by atoms with Crippen LogP contribution in [-0.4, -0.2) is 42.9 Å². The fourth-order valence-electron chi connectivity index (χ4n) is 4.54. The molecular weight excluding hydrogens is 510 g/mol. The van der Waals surface area contributed by atoms with E-state index in [2.05, 4.69) is 101 Å². The van der Waals surface area contributed by atoms with Gasteiger partial charge in [-0.25, -0.2) is 0 Å². The lowest BCUT2D eigenvalue weighted by Gasteiger charge is -2.20. The number of likely N-dealkylation sites (N-methyl/N-ethyl adjacent to an activating group) is 1. The molecule has 3 aromatic carbocycles. The van der Waals surface area contributed by atoms with Gasteiger partial charge in [-0.15, -0.1) is 12.4 Å². The first-order valence-corrected chi connectivity index (χ1v) is 12.5. The Labute approximate surface area is 218 Å². The van der Waals surface area contributed by atoms with Crippen LogP contribution in [0.1, 0.15) is 42.4 Å². The lowest BCUT2D eigenvalue weighted by molar-refractivity contribution is 0.198. The van der Waals surface area contributed by atoms with E-state index < -0.39 is 0 Å². The van der Waals surface area contributed by atoms with Crippen LogP contribution >= 0.6 is 28.3 Å². The molecule has 180 valence electrons. The minimum atomic E-state index is 0. The average Bonchev–Trinajstić information content (AvgIpc) is 3.27. The van der Waals surface area contributed by atoms with E-state index in [9.17, 15) is 5.11 Å². The van der Waals surface area contributed by atoms with Crippen LogP contribution in [0, 0.1) is 0 Å². The monoisotopic (exact) mass is 541 g/mol. The van der Waals surface area contributed by atoms with E-state index in [1.807, 2.05) is 6.07 Å². The number of rotatable bonds is 9. The molecule has 1 aliphatic rings. The highest BCUT2D eigenvalue weighted by molar-refractivity contribution is 9.10. The van der Waals surface area contributed by atoms with Crippen molar-refractivity contribution in [3.8, 4) is 5.75 Å². The van der Waals surface area contributed by atoms with Crippen LogP contribution in [0.4, 0.5) is 0 Å². The van der Waals surface area contributed by atoms with Gasteiger partial charge in [-0.3, -0.25) is 0 Å². The van der Waals surface area contributed by atoms with E-state index in [0.29, 0.717) is 6.04 Å². The molecule has 3 nitrogen and oxygen atoms in total. The summed E-state index contributed by atoms with van der Waals surface area (Å²) >= 11 is 3.56. The van der Waals surface area contributed by atoms with Crippen molar-refractivity contribution in [2.45, 2.75) is 31.7 Å². The summed E-state index contributed by atoms with van der Waals surface area (Å²) in [6, 6.07) is 28.0. The van der Waals surface area contributed by atoms with Gasteiger partial charge in [0.15, 0.2) is 0 Å². The number of likely N-dealkylation sites (tertiary alicyclic amines) is 1. The molecule has 1 aliphatic heterocycles. The molecule has 1 saturated heterocycles. The molecule has 0 radical (unpaired) electrons. The van der Waals surface area contributed by atoms with Crippen molar-refractivity contribution in [3.63, 3.8) is 0 Å². The molecule has 0 saturated carbocycles. The number of ether oxygens (including phenoxy) is 1. The zero-order valence-corrected chi connectivity index (χ0v) is 22.0. The lowest BCUT2D eigenvalue weighted by atomic mass is 9.87. The second-order valence-electron chi connectivity index (χ2n) is 8.67. The predicted molar refractivity (Wildman–Crippen MR) is 148 cm³/mol. The molecule has 5 heteroatoms. The number of aliphatic hydroxyl groups excluding tert-OH is 1. The zero-order valence-electron chi connectivity index (χ0n) is 19.6. The molecule has 0 aliphatic carbocycles. The van der Waals surface area contributed by atoms with E-state index in [0.717, 1.165) is 47.3 Å². The highest BCUT2D eigenvalue weighted by atomic mass is 79.9. The number of nitrogens with zero attached hydrogens (tertiary/aromatic N) is 1.